The summed E-state index contributed by atoms with van der Waals surface area (Å²) >= 11 is 8.96. The van der Waals surface area contributed by atoms with E-state index in [4.69, 9.17) is 17.3 Å². The molecule has 0 radical (unpaired) electrons. The van der Waals surface area contributed by atoms with Crippen molar-refractivity contribution in [2.75, 3.05) is 6.54 Å². The highest BCUT2D eigenvalue weighted by Crippen LogP contribution is 2.30. The topological polar surface area (TPSA) is 26.0 Å². The largest absolute Gasteiger partial charge is 0.330 e. The Morgan fingerprint density at radius 1 is 1.62 bits per heavy atom. The van der Waals surface area contributed by atoms with Gasteiger partial charge in [-0.3, -0.25) is 0 Å². The molecule has 0 aliphatic heterocycles. The second-order valence-corrected chi connectivity index (χ2v) is 4.16. The van der Waals surface area contributed by atoms with Crippen molar-refractivity contribution >= 4 is 27.5 Å². The lowest BCUT2D eigenvalue weighted by molar-refractivity contribution is 0.585. The smallest absolute Gasteiger partial charge is 0.142 e. The van der Waals surface area contributed by atoms with E-state index in [-0.39, 0.29) is 11.7 Å². The van der Waals surface area contributed by atoms with Gasteiger partial charge in [-0.25, -0.2) is 4.39 Å². The summed E-state index contributed by atoms with van der Waals surface area (Å²) < 4.78 is 13.9. The summed E-state index contributed by atoms with van der Waals surface area (Å²) in [6.45, 7) is 2.23. The van der Waals surface area contributed by atoms with E-state index in [1.807, 2.05) is 6.92 Å². The molecule has 0 amide bonds. The lowest BCUT2D eigenvalue weighted by Gasteiger charge is -2.12. The van der Waals surface area contributed by atoms with Crippen molar-refractivity contribution in [2.24, 2.45) is 5.73 Å². The molecule has 4 heteroatoms. The summed E-state index contributed by atoms with van der Waals surface area (Å²) in [4.78, 5) is 0. The molecule has 1 aromatic carbocycles. The van der Waals surface area contributed by atoms with Crippen molar-refractivity contribution in [3.05, 3.63) is 33.0 Å². The molecule has 1 rings (SSSR count). The van der Waals surface area contributed by atoms with Crippen LogP contribution in [0.3, 0.4) is 0 Å². The first kappa shape index (κ1) is 11.0. The Labute approximate surface area is 90.2 Å². The minimum atomic E-state index is -0.314. The molecule has 0 saturated heterocycles. The number of rotatable bonds is 2. The van der Waals surface area contributed by atoms with Gasteiger partial charge in [-0.1, -0.05) is 18.5 Å². The van der Waals surface area contributed by atoms with Crippen molar-refractivity contribution in [3.8, 4) is 0 Å². The van der Waals surface area contributed by atoms with Crippen LogP contribution in [0.4, 0.5) is 4.39 Å². The van der Waals surface area contributed by atoms with Gasteiger partial charge in [0.2, 0.25) is 0 Å². The summed E-state index contributed by atoms with van der Waals surface area (Å²) in [5, 5.41) is 0.429. The standard InChI is InChI=1S/C9H10BrClFN/c1-5(4-13)8-7(11)3-2-6(10)9(8)12/h2-3,5H,4,13H2,1H3. The number of hydrogen-bond donors (Lipinski definition) is 1. The Hall–Kier alpha value is -0.120. The maximum Gasteiger partial charge on any atom is 0.142 e. The van der Waals surface area contributed by atoms with Crippen LogP contribution >= 0.6 is 27.5 Å². The van der Waals surface area contributed by atoms with Gasteiger partial charge in [0.05, 0.1) is 4.47 Å². The average Bonchev–Trinajstić information content (AvgIpc) is 2.12. The number of hydrogen-bond acceptors (Lipinski definition) is 1. The first-order chi connectivity index (χ1) is 6.07. The lowest BCUT2D eigenvalue weighted by atomic mass is 10.0. The van der Waals surface area contributed by atoms with Gasteiger partial charge in [0.1, 0.15) is 5.82 Å². The summed E-state index contributed by atoms with van der Waals surface area (Å²) in [6, 6.07) is 3.25. The van der Waals surface area contributed by atoms with Crippen LogP contribution in [0.25, 0.3) is 0 Å². The molecular weight excluding hydrogens is 256 g/mol. The van der Waals surface area contributed by atoms with Gasteiger partial charge in [-0.2, -0.15) is 0 Å². The van der Waals surface area contributed by atoms with E-state index < -0.39 is 0 Å². The molecule has 1 nitrogen and oxygen atoms in total. The Bertz CT molecular complexity index is 317. The zero-order valence-corrected chi connectivity index (χ0v) is 9.49. The molecular formula is C9H10BrClFN. The SMILES string of the molecule is CC(CN)c1c(Cl)ccc(Br)c1F. The van der Waals surface area contributed by atoms with Crippen LogP contribution in [0.1, 0.15) is 18.4 Å². The fourth-order valence-electron chi connectivity index (χ4n) is 1.11. The normalized spacial score (nSPS) is 13.0. The maximum absolute atomic E-state index is 13.5. The van der Waals surface area contributed by atoms with Crippen LogP contribution in [0.15, 0.2) is 16.6 Å². The van der Waals surface area contributed by atoms with E-state index in [1.54, 1.807) is 12.1 Å². The van der Waals surface area contributed by atoms with Crippen LogP contribution in [0.5, 0.6) is 0 Å². The van der Waals surface area contributed by atoms with Gasteiger partial charge in [0, 0.05) is 10.6 Å². The van der Waals surface area contributed by atoms with Crippen LogP contribution < -0.4 is 5.73 Å². The molecule has 0 aromatic heterocycles. The second-order valence-electron chi connectivity index (χ2n) is 2.89. The Kier molecular flexibility index (Phi) is 3.71. The predicted octanol–water partition coefficient (Wildman–Crippen LogP) is 3.30. The van der Waals surface area contributed by atoms with E-state index in [1.165, 1.54) is 0 Å². The third-order valence-corrected chi connectivity index (χ3v) is 2.87. The molecule has 1 atom stereocenters. The summed E-state index contributed by atoms with van der Waals surface area (Å²) in [5.41, 5.74) is 5.94. The lowest BCUT2D eigenvalue weighted by Crippen LogP contribution is -2.11. The van der Waals surface area contributed by atoms with E-state index in [0.29, 0.717) is 21.6 Å². The zero-order valence-electron chi connectivity index (χ0n) is 7.15. The number of benzene rings is 1. The zero-order chi connectivity index (χ0) is 10.0. The monoisotopic (exact) mass is 265 g/mol. The van der Waals surface area contributed by atoms with Gasteiger partial charge < -0.3 is 5.73 Å². The first-order valence-electron chi connectivity index (χ1n) is 3.91. The fraction of sp³-hybridized carbons (Fsp3) is 0.333. The van der Waals surface area contributed by atoms with E-state index in [2.05, 4.69) is 15.9 Å². The van der Waals surface area contributed by atoms with Gasteiger partial charge in [-0.05, 0) is 40.5 Å². The molecule has 2 N–H and O–H groups in total. The highest BCUT2D eigenvalue weighted by Gasteiger charge is 2.15. The van der Waals surface area contributed by atoms with Crippen LogP contribution in [0, 0.1) is 5.82 Å². The van der Waals surface area contributed by atoms with Crippen LogP contribution in [-0.4, -0.2) is 6.54 Å². The highest BCUT2D eigenvalue weighted by molar-refractivity contribution is 9.10. The Morgan fingerprint density at radius 3 is 2.77 bits per heavy atom. The van der Waals surface area contributed by atoms with Crippen LogP contribution in [-0.2, 0) is 0 Å². The first-order valence-corrected chi connectivity index (χ1v) is 5.08. The van der Waals surface area contributed by atoms with E-state index in [0.717, 1.165) is 0 Å². The fourth-order valence-corrected chi connectivity index (χ4v) is 1.79. The summed E-state index contributed by atoms with van der Waals surface area (Å²) in [7, 11) is 0. The second kappa shape index (κ2) is 4.40. The van der Waals surface area contributed by atoms with Gasteiger partial charge >= 0.3 is 0 Å². The van der Waals surface area contributed by atoms with Crippen LogP contribution in [0.2, 0.25) is 5.02 Å². The predicted molar refractivity (Wildman–Crippen MR) is 56.6 cm³/mol. The van der Waals surface area contributed by atoms with Gasteiger partial charge in [-0.15, -0.1) is 0 Å². The average molecular weight is 267 g/mol. The van der Waals surface area contributed by atoms with Gasteiger partial charge in [0.25, 0.3) is 0 Å². The molecule has 0 spiro atoms. The van der Waals surface area contributed by atoms with Crippen molar-refractivity contribution < 1.29 is 4.39 Å². The third kappa shape index (κ3) is 2.22. The van der Waals surface area contributed by atoms with Gasteiger partial charge in [0.15, 0.2) is 0 Å². The molecule has 72 valence electrons. The molecule has 0 heterocycles. The number of halogens is 3. The molecule has 0 fully saturated rings. The molecule has 1 unspecified atom stereocenters. The molecule has 0 bridgehead atoms. The van der Waals surface area contributed by atoms with E-state index in [9.17, 15) is 4.39 Å². The van der Waals surface area contributed by atoms with Crippen molar-refractivity contribution in [2.45, 2.75) is 12.8 Å². The molecule has 0 aliphatic rings. The molecule has 0 aliphatic carbocycles. The Morgan fingerprint density at radius 2 is 2.23 bits per heavy atom. The third-order valence-electron chi connectivity index (χ3n) is 1.93. The number of nitrogens with two attached hydrogens (primary N) is 1. The Balaban J connectivity index is 3.25. The highest BCUT2D eigenvalue weighted by atomic mass is 79.9. The van der Waals surface area contributed by atoms with Crippen molar-refractivity contribution in [3.63, 3.8) is 0 Å². The van der Waals surface area contributed by atoms with Crippen molar-refractivity contribution in [1.29, 1.82) is 0 Å². The van der Waals surface area contributed by atoms with E-state index >= 15 is 0 Å². The van der Waals surface area contributed by atoms with Crippen molar-refractivity contribution in [1.82, 2.24) is 0 Å². The minimum absolute atomic E-state index is 0.0648. The summed E-state index contributed by atoms with van der Waals surface area (Å²) in [5.74, 6) is -0.379. The minimum Gasteiger partial charge on any atom is -0.330 e. The summed E-state index contributed by atoms with van der Waals surface area (Å²) in [6.07, 6.45) is 0. The molecule has 1 aromatic rings. The molecule has 13 heavy (non-hydrogen) atoms. The quantitative estimate of drug-likeness (QED) is 0.817. The maximum atomic E-state index is 13.5. The molecule has 0 saturated carbocycles.